The van der Waals surface area contributed by atoms with Crippen LogP contribution < -0.4 is 5.73 Å². The minimum atomic E-state index is 0.0406. The summed E-state index contributed by atoms with van der Waals surface area (Å²) in [7, 11) is 0. The largest absolute Gasteiger partial charge is 0.334 e. The van der Waals surface area contributed by atoms with Crippen LogP contribution in [-0.4, -0.2) is 39.7 Å². The van der Waals surface area contributed by atoms with Crippen molar-refractivity contribution in [3.63, 3.8) is 0 Å². The lowest BCUT2D eigenvalue weighted by molar-refractivity contribution is 0.0622. The van der Waals surface area contributed by atoms with Gasteiger partial charge in [-0.25, -0.2) is 4.68 Å². The third kappa shape index (κ3) is 3.19. The van der Waals surface area contributed by atoms with Gasteiger partial charge >= 0.3 is 0 Å². The van der Waals surface area contributed by atoms with Gasteiger partial charge in [0.25, 0.3) is 5.91 Å². The molecular formula is C17H21BrN4O. The lowest BCUT2D eigenvalue weighted by Gasteiger charge is -2.35. The van der Waals surface area contributed by atoms with Gasteiger partial charge < -0.3 is 10.6 Å². The van der Waals surface area contributed by atoms with E-state index in [1.54, 1.807) is 10.9 Å². The van der Waals surface area contributed by atoms with Crippen LogP contribution in [-0.2, 0) is 0 Å². The number of rotatable bonds is 3. The Kier molecular flexibility index (Phi) is 4.82. The second kappa shape index (κ2) is 6.84. The van der Waals surface area contributed by atoms with Gasteiger partial charge in [0.2, 0.25) is 0 Å². The van der Waals surface area contributed by atoms with Crippen LogP contribution in [0.1, 0.15) is 35.3 Å². The van der Waals surface area contributed by atoms with Crippen molar-refractivity contribution in [2.45, 2.75) is 32.2 Å². The summed E-state index contributed by atoms with van der Waals surface area (Å²) in [6, 6.07) is 8.02. The summed E-state index contributed by atoms with van der Waals surface area (Å²) < 4.78 is 2.79. The Balaban J connectivity index is 1.91. The van der Waals surface area contributed by atoms with Crippen LogP contribution >= 0.6 is 15.9 Å². The monoisotopic (exact) mass is 376 g/mol. The van der Waals surface area contributed by atoms with Crippen molar-refractivity contribution in [2.75, 3.05) is 13.1 Å². The molecule has 0 radical (unpaired) electrons. The molecule has 1 atom stereocenters. The fourth-order valence-corrected chi connectivity index (χ4v) is 3.54. The van der Waals surface area contributed by atoms with Crippen LogP contribution in [0.4, 0.5) is 0 Å². The predicted octanol–water partition coefficient (Wildman–Crippen LogP) is 2.90. The molecule has 3 rings (SSSR count). The van der Waals surface area contributed by atoms with E-state index in [1.165, 1.54) is 0 Å². The number of amides is 1. The van der Waals surface area contributed by atoms with E-state index in [2.05, 4.69) is 21.0 Å². The molecule has 0 spiro atoms. The maximum absolute atomic E-state index is 12.9. The maximum atomic E-state index is 12.9. The normalized spacial score (nSPS) is 18.2. The second-order valence-corrected chi connectivity index (χ2v) is 6.83. The molecule has 1 saturated heterocycles. The van der Waals surface area contributed by atoms with E-state index in [0.717, 1.165) is 41.7 Å². The highest BCUT2D eigenvalue weighted by Crippen LogP contribution is 2.22. The fraction of sp³-hybridized carbons (Fsp3) is 0.412. The van der Waals surface area contributed by atoms with Crippen molar-refractivity contribution < 1.29 is 4.79 Å². The van der Waals surface area contributed by atoms with E-state index in [4.69, 9.17) is 5.73 Å². The lowest BCUT2D eigenvalue weighted by Crippen LogP contribution is -2.47. The molecule has 1 fully saturated rings. The zero-order valence-electron chi connectivity index (χ0n) is 13.2. The van der Waals surface area contributed by atoms with Crippen LogP contribution in [0.5, 0.6) is 0 Å². The number of nitrogens with two attached hydrogens (primary N) is 1. The zero-order chi connectivity index (χ0) is 16.4. The molecule has 23 heavy (non-hydrogen) atoms. The average molecular weight is 377 g/mol. The molecule has 1 aromatic heterocycles. The molecule has 2 aromatic rings. The van der Waals surface area contributed by atoms with Gasteiger partial charge in [0, 0.05) is 23.6 Å². The average Bonchev–Trinajstić information content (AvgIpc) is 2.95. The van der Waals surface area contributed by atoms with Gasteiger partial charge in [0.1, 0.15) is 0 Å². The second-order valence-electron chi connectivity index (χ2n) is 5.92. The third-order valence-corrected chi connectivity index (χ3v) is 4.95. The van der Waals surface area contributed by atoms with E-state index in [0.29, 0.717) is 12.1 Å². The number of benzene rings is 1. The number of carbonyl (C=O) groups is 1. The van der Waals surface area contributed by atoms with Crippen LogP contribution in [0.15, 0.2) is 34.9 Å². The summed E-state index contributed by atoms with van der Waals surface area (Å²) >= 11 is 3.47. The number of aromatic nitrogens is 2. The van der Waals surface area contributed by atoms with Crippen molar-refractivity contribution in [1.29, 1.82) is 0 Å². The first-order chi connectivity index (χ1) is 11.1. The van der Waals surface area contributed by atoms with E-state index in [1.807, 2.05) is 36.1 Å². The highest BCUT2D eigenvalue weighted by Gasteiger charge is 2.28. The summed E-state index contributed by atoms with van der Waals surface area (Å²) in [5.74, 6) is 0.0406. The zero-order valence-corrected chi connectivity index (χ0v) is 14.8. The highest BCUT2D eigenvalue weighted by atomic mass is 79.9. The standard InChI is InChI=1S/C17H21BrN4O/c1-12-16(17(23)21-8-3-2-6-15(21)10-19)11-20-22(12)14-7-4-5-13(18)9-14/h4-5,7,9,11,15H,2-3,6,8,10,19H2,1H3. The highest BCUT2D eigenvalue weighted by molar-refractivity contribution is 9.10. The molecule has 1 unspecified atom stereocenters. The fourth-order valence-electron chi connectivity index (χ4n) is 3.16. The van der Waals surface area contributed by atoms with Crippen LogP contribution in [0, 0.1) is 6.92 Å². The Labute approximate surface area is 144 Å². The first-order valence-electron chi connectivity index (χ1n) is 7.93. The number of hydrogen-bond donors (Lipinski definition) is 1. The molecule has 1 amide bonds. The first-order valence-corrected chi connectivity index (χ1v) is 8.72. The maximum Gasteiger partial charge on any atom is 0.257 e. The molecule has 1 aromatic carbocycles. The molecule has 5 nitrogen and oxygen atoms in total. The van der Waals surface area contributed by atoms with Crippen LogP contribution in [0.3, 0.4) is 0 Å². The Morgan fingerprint density at radius 2 is 2.26 bits per heavy atom. The molecule has 2 heterocycles. The van der Waals surface area contributed by atoms with Gasteiger partial charge in [-0.15, -0.1) is 0 Å². The summed E-state index contributed by atoms with van der Waals surface area (Å²) in [5.41, 5.74) is 8.29. The number of carbonyl (C=O) groups excluding carboxylic acids is 1. The molecule has 0 bridgehead atoms. The number of halogens is 1. The van der Waals surface area contributed by atoms with Crippen LogP contribution in [0.25, 0.3) is 5.69 Å². The minimum absolute atomic E-state index is 0.0406. The summed E-state index contributed by atoms with van der Waals surface area (Å²) in [6.07, 6.45) is 4.84. The Morgan fingerprint density at radius 1 is 1.43 bits per heavy atom. The summed E-state index contributed by atoms with van der Waals surface area (Å²) in [5, 5.41) is 4.41. The molecule has 2 N–H and O–H groups in total. The van der Waals surface area contributed by atoms with Crippen LogP contribution in [0.2, 0.25) is 0 Å². The van der Waals surface area contributed by atoms with Gasteiger partial charge in [-0.3, -0.25) is 4.79 Å². The third-order valence-electron chi connectivity index (χ3n) is 4.45. The first kappa shape index (κ1) is 16.2. The van der Waals surface area contributed by atoms with Crippen molar-refractivity contribution in [3.8, 4) is 5.69 Å². The molecule has 1 aliphatic rings. The molecule has 6 heteroatoms. The number of piperidine rings is 1. The Hall–Kier alpha value is -1.66. The minimum Gasteiger partial charge on any atom is -0.334 e. The number of nitrogens with zero attached hydrogens (tertiary/aromatic N) is 3. The smallest absolute Gasteiger partial charge is 0.257 e. The quantitative estimate of drug-likeness (QED) is 0.895. The van der Waals surface area contributed by atoms with Gasteiger partial charge in [-0.2, -0.15) is 5.10 Å². The molecule has 0 saturated carbocycles. The van der Waals surface area contributed by atoms with Crippen molar-refractivity contribution in [2.24, 2.45) is 5.73 Å². The SMILES string of the molecule is Cc1c(C(=O)N2CCCCC2CN)cnn1-c1cccc(Br)c1. The van der Waals surface area contributed by atoms with Gasteiger partial charge in [-0.05, 0) is 44.4 Å². The molecule has 122 valence electrons. The van der Waals surface area contributed by atoms with E-state index < -0.39 is 0 Å². The topological polar surface area (TPSA) is 64.2 Å². The Morgan fingerprint density at radius 3 is 3.00 bits per heavy atom. The predicted molar refractivity (Wildman–Crippen MR) is 93.7 cm³/mol. The van der Waals surface area contributed by atoms with Gasteiger partial charge in [0.05, 0.1) is 23.1 Å². The Bertz CT molecular complexity index is 712. The molecular weight excluding hydrogens is 356 g/mol. The summed E-state index contributed by atoms with van der Waals surface area (Å²) in [6.45, 7) is 3.23. The van der Waals surface area contributed by atoms with E-state index in [9.17, 15) is 4.79 Å². The van der Waals surface area contributed by atoms with Gasteiger partial charge in [-0.1, -0.05) is 22.0 Å². The van der Waals surface area contributed by atoms with Crippen molar-refractivity contribution in [3.05, 3.63) is 46.2 Å². The number of likely N-dealkylation sites (tertiary alicyclic amines) is 1. The molecule has 1 aliphatic heterocycles. The van der Waals surface area contributed by atoms with E-state index in [-0.39, 0.29) is 11.9 Å². The van der Waals surface area contributed by atoms with Gasteiger partial charge in [0.15, 0.2) is 0 Å². The summed E-state index contributed by atoms with van der Waals surface area (Å²) in [4.78, 5) is 14.8. The molecule has 0 aliphatic carbocycles. The van der Waals surface area contributed by atoms with Crippen molar-refractivity contribution >= 4 is 21.8 Å². The van der Waals surface area contributed by atoms with E-state index >= 15 is 0 Å². The van der Waals surface area contributed by atoms with Crippen molar-refractivity contribution in [1.82, 2.24) is 14.7 Å². The lowest BCUT2D eigenvalue weighted by atomic mass is 10.0. The number of hydrogen-bond acceptors (Lipinski definition) is 3.